The van der Waals surface area contributed by atoms with Gasteiger partial charge in [-0.15, -0.1) is 0 Å². The lowest BCUT2D eigenvalue weighted by atomic mass is 10.0. The lowest BCUT2D eigenvalue weighted by Gasteiger charge is -2.10. The van der Waals surface area contributed by atoms with Gasteiger partial charge >= 0.3 is 0 Å². The van der Waals surface area contributed by atoms with Crippen LogP contribution in [0.25, 0.3) is 22.3 Å². The molecule has 0 saturated carbocycles. The minimum absolute atomic E-state index is 0.567. The summed E-state index contributed by atoms with van der Waals surface area (Å²) in [6.45, 7) is 0.567. The second kappa shape index (κ2) is 5.57. The maximum Gasteiger partial charge on any atom is 0.0926 e. The maximum absolute atomic E-state index is 6.24. The maximum atomic E-state index is 6.24. The number of hydrogen-bond donors (Lipinski definition) is 1. The SMILES string of the molecule is NCCc1cc2c(Cl)cccc2nc1-c1ccccn1. The van der Waals surface area contributed by atoms with Gasteiger partial charge in [0.1, 0.15) is 0 Å². The normalized spacial score (nSPS) is 10.9. The molecular formula is C16H14ClN3. The Kier molecular flexibility index (Phi) is 3.63. The monoisotopic (exact) mass is 283 g/mol. The van der Waals surface area contributed by atoms with Crippen LogP contribution in [0.1, 0.15) is 5.56 Å². The summed E-state index contributed by atoms with van der Waals surface area (Å²) in [5.74, 6) is 0. The number of halogens is 1. The van der Waals surface area contributed by atoms with Gasteiger partial charge in [-0.1, -0.05) is 23.7 Å². The summed E-state index contributed by atoms with van der Waals surface area (Å²) >= 11 is 6.24. The Balaban J connectivity index is 2.27. The molecule has 2 aromatic heterocycles. The van der Waals surface area contributed by atoms with Gasteiger partial charge in [-0.05, 0) is 48.9 Å². The molecule has 0 bridgehead atoms. The Labute approximate surface area is 122 Å². The zero-order chi connectivity index (χ0) is 13.9. The summed E-state index contributed by atoms with van der Waals surface area (Å²) in [5, 5.41) is 1.66. The summed E-state index contributed by atoms with van der Waals surface area (Å²) < 4.78 is 0. The lowest BCUT2D eigenvalue weighted by Crippen LogP contribution is -2.05. The minimum Gasteiger partial charge on any atom is -0.330 e. The minimum atomic E-state index is 0.567. The smallest absolute Gasteiger partial charge is 0.0926 e. The lowest BCUT2D eigenvalue weighted by molar-refractivity contribution is 0.964. The topological polar surface area (TPSA) is 51.8 Å². The highest BCUT2D eigenvalue weighted by Crippen LogP contribution is 2.28. The van der Waals surface area contributed by atoms with Gasteiger partial charge in [0.25, 0.3) is 0 Å². The van der Waals surface area contributed by atoms with Gasteiger partial charge in [0.15, 0.2) is 0 Å². The van der Waals surface area contributed by atoms with E-state index in [2.05, 4.69) is 11.1 Å². The fourth-order valence-corrected chi connectivity index (χ4v) is 2.50. The number of aromatic nitrogens is 2. The molecular weight excluding hydrogens is 270 g/mol. The van der Waals surface area contributed by atoms with Crippen LogP contribution in [0.5, 0.6) is 0 Å². The van der Waals surface area contributed by atoms with E-state index in [1.807, 2.05) is 36.4 Å². The van der Waals surface area contributed by atoms with Crippen LogP contribution in [0, 0.1) is 0 Å². The highest BCUT2D eigenvalue weighted by Gasteiger charge is 2.11. The summed E-state index contributed by atoms with van der Waals surface area (Å²) in [6.07, 6.45) is 2.52. The van der Waals surface area contributed by atoms with Crippen molar-refractivity contribution in [3.05, 3.63) is 59.2 Å². The van der Waals surface area contributed by atoms with E-state index in [1.54, 1.807) is 6.20 Å². The molecule has 2 N–H and O–H groups in total. The van der Waals surface area contributed by atoms with Crippen molar-refractivity contribution in [1.82, 2.24) is 9.97 Å². The van der Waals surface area contributed by atoms with E-state index < -0.39 is 0 Å². The second-order valence-electron chi connectivity index (χ2n) is 4.56. The molecule has 0 aliphatic carbocycles. The van der Waals surface area contributed by atoms with Gasteiger partial charge < -0.3 is 5.73 Å². The fourth-order valence-electron chi connectivity index (χ4n) is 2.27. The number of pyridine rings is 2. The number of rotatable bonds is 3. The van der Waals surface area contributed by atoms with Crippen LogP contribution < -0.4 is 5.73 Å². The van der Waals surface area contributed by atoms with Crippen molar-refractivity contribution in [2.24, 2.45) is 5.73 Å². The van der Waals surface area contributed by atoms with Gasteiger partial charge in [0.05, 0.1) is 16.9 Å². The van der Waals surface area contributed by atoms with E-state index in [9.17, 15) is 0 Å². The predicted molar refractivity (Wildman–Crippen MR) is 82.7 cm³/mol. The summed E-state index contributed by atoms with van der Waals surface area (Å²) in [4.78, 5) is 9.11. The van der Waals surface area contributed by atoms with Crippen molar-refractivity contribution in [1.29, 1.82) is 0 Å². The highest BCUT2D eigenvalue weighted by atomic mass is 35.5. The average Bonchev–Trinajstić information content (AvgIpc) is 2.49. The number of fused-ring (bicyclic) bond motifs is 1. The number of nitrogens with two attached hydrogens (primary N) is 1. The first-order valence-corrected chi connectivity index (χ1v) is 6.87. The summed E-state index contributed by atoms with van der Waals surface area (Å²) in [7, 11) is 0. The van der Waals surface area contributed by atoms with Gasteiger partial charge in [-0.2, -0.15) is 0 Å². The van der Waals surface area contributed by atoms with Gasteiger partial charge in [-0.3, -0.25) is 4.98 Å². The molecule has 0 aliphatic heterocycles. The molecule has 0 atom stereocenters. The van der Waals surface area contributed by atoms with Crippen LogP contribution in [-0.2, 0) is 6.42 Å². The predicted octanol–water partition coefficient (Wildman–Crippen LogP) is 3.45. The standard InChI is InChI=1S/C16H14ClN3/c17-13-4-3-6-14-12(13)10-11(7-8-18)16(20-14)15-5-1-2-9-19-15/h1-6,9-10H,7-8,18H2. The molecule has 0 amide bonds. The summed E-state index contributed by atoms with van der Waals surface area (Å²) in [6, 6.07) is 13.6. The van der Waals surface area contributed by atoms with Gasteiger partial charge in [-0.25, -0.2) is 4.98 Å². The molecule has 0 aliphatic rings. The van der Waals surface area contributed by atoms with Crippen LogP contribution in [0.4, 0.5) is 0 Å². The Morgan fingerprint density at radius 1 is 1.10 bits per heavy atom. The van der Waals surface area contributed by atoms with Crippen LogP contribution in [0.15, 0.2) is 48.7 Å². The van der Waals surface area contributed by atoms with Crippen molar-refractivity contribution in [2.75, 3.05) is 6.54 Å². The van der Waals surface area contributed by atoms with Crippen molar-refractivity contribution >= 4 is 22.5 Å². The number of nitrogens with zero attached hydrogens (tertiary/aromatic N) is 2. The van der Waals surface area contributed by atoms with Crippen molar-refractivity contribution in [3.8, 4) is 11.4 Å². The second-order valence-corrected chi connectivity index (χ2v) is 4.96. The third-order valence-electron chi connectivity index (χ3n) is 3.21. The van der Waals surface area contributed by atoms with E-state index in [4.69, 9.17) is 22.3 Å². The van der Waals surface area contributed by atoms with Crippen LogP contribution in [-0.4, -0.2) is 16.5 Å². The molecule has 0 unspecified atom stereocenters. The van der Waals surface area contributed by atoms with E-state index in [1.165, 1.54) is 0 Å². The molecule has 100 valence electrons. The van der Waals surface area contributed by atoms with Crippen molar-refractivity contribution < 1.29 is 0 Å². The Morgan fingerprint density at radius 2 is 2.00 bits per heavy atom. The van der Waals surface area contributed by atoms with E-state index in [-0.39, 0.29) is 0 Å². The van der Waals surface area contributed by atoms with Crippen molar-refractivity contribution in [2.45, 2.75) is 6.42 Å². The molecule has 0 radical (unpaired) electrons. The van der Waals surface area contributed by atoms with E-state index >= 15 is 0 Å². The molecule has 0 saturated heterocycles. The molecule has 3 aromatic rings. The number of hydrogen-bond acceptors (Lipinski definition) is 3. The first kappa shape index (κ1) is 13.0. The van der Waals surface area contributed by atoms with Gasteiger partial charge in [0.2, 0.25) is 0 Å². The molecule has 0 spiro atoms. The quantitative estimate of drug-likeness (QED) is 0.801. The zero-order valence-corrected chi connectivity index (χ0v) is 11.6. The molecule has 20 heavy (non-hydrogen) atoms. The number of benzene rings is 1. The highest BCUT2D eigenvalue weighted by molar-refractivity contribution is 6.35. The Morgan fingerprint density at radius 3 is 2.75 bits per heavy atom. The molecule has 1 aromatic carbocycles. The van der Waals surface area contributed by atoms with Gasteiger partial charge in [0, 0.05) is 16.6 Å². The van der Waals surface area contributed by atoms with Crippen molar-refractivity contribution in [3.63, 3.8) is 0 Å². The average molecular weight is 284 g/mol. The van der Waals surface area contributed by atoms with Crippen LogP contribution in [0.2, 0.25) is 5.02 Å². The van der Waals surface area contributed by atoms with Crippen LogP contribution in [0.3, 0.4) is 0 Å². The fraction of sp³-hybridized carbons (Fsp3) is 0.125. The largest absolute Gasteiger partial charge is 0.330 e. The van der Waals surface area contributed by atoms with Crippen LogP contribution >= 0.6 is 11.6 Å². The third kappa shape index (κ3) is 2.38. The molecule has 3 nitrogen and oxygen atoms in total. The summed E-state index contributed by atoms with van der Waals surface area (Å²) in [5.41, 5.74) is 9.40. The Bertz CT molecular complexity index is 741. The molecule has 0 fully saturated rings. The molecule has 4 heteroatoms. The zero-order valence-electron chi connectivity index (χ0n) is 10.9. The first-order valence-electron chi connectivity index (χ1n) is 6.49. The van der Waals surface area contributed by atoms with E-state index in [0.29, 0.717) is 11.6 Å². The molecule has 3 rings (SSSR count). The Hall–Kier alpha value is -1.97. The van der Waals surface area contributed by atoms with E-state index in [0.717, 1.165) is 34.3 Å². The third-order valence-corrected chi connectivity index (χ3v) is 3.54. The molecule has 2 heterocycles. The first-order chi connectivity index (χ1) is 9.79.